The monoisotopic (exact) mass is 249 g/mol. The summed E-state index contributed by atoms with van der Waals surface area (Å²) in [6, 6.07) is 9.48. The van der Waals surface area contributed by atoms with Gasteiger partial charge in [-0.25, -0.2) is 4.79 Å². The Morgan fingerprint density at radius 3 is 2.78 bits per heavy atom. The van der Waals surface area contributed by atoms with Gasteiger partial charge >= 0.3 is 12.1 Å². The molecule has 0 unspecified atom stereocenters. The van der Waals surface area contributed by atoms with Gasteiger partial charge in [-0.05, 0) is 5.56 Å². The van der Waals surface area contributed by atoms with E-state index < -0.39 is 0 Å². The highest BCUT2D eigenvalue weighted by atomic mass is 16.6. The molecule has 5 heteroatoms. The highest BCUT2D eigenvalue weighted by Gasteiger charge is 2.22. The SMILES string of the molecule is O=C(CCN1CCOC1=O)OCc1ccccc1. The van der Waals surface area contributed by atoms with Crippen LogP contribution >= 0.6 is 0 Å². The molecule has 0 bridgehead atoms. The van der Waals surface area contributed by atoms with Gasteiger partial charge in [0.15, 0.2) is 0 Å². The fraction of sp³-hybridized carbons (Fsp3) is 0.385. The van der Waals surface area contributed by atoms with E-state index in [0.29, 0.717) is 19.7 Å². The van der Waals surface area contributed by atoms with Crippen molar-refractivity contribution in [3.63, 3.8) is 0 Å². The summed E-state index contributed by atoms with van der Waals surface area (Å²) in [6.45, 7) is 1.57. The molecule has 0 radical (unpaired) electrons. The molecule has 1 saturated heterocycles. The molecule has 1 fully saturated rings. The van der Waals surface area contributed by atoms with Gasteiger partial charge in [-0.1, -0.05) is 30.3 Å². The number of cyclic esters (lactones) is 1. The average molecular weight is 249 g/mol. The minimum Gasteiger partial charge on any atom is -0.461 e. The van der Waals surface area contributed by atoms with Gasteiger partial charge in [0, 0.05) is 6.54 Å². The number of hydrogen-bond donors (Lipinski definition) is 0. The number of ether oxygens (including phenoxy) is 2. The third-order valence-electron chi connectivity index (χ3n) is 2.67. The Hall–Kier alpha value is -2.04. The second kappa shape index (κ2) is 6.05. The quantitative estimate of drug-likeness (QED) is 0.743. The molecule has 1 aliphatic rings. The van der Waals surface area contributed by atoms with E-state index >= 15 is 0 Å². The van der Waals surface area contributed by atoms with E-state index in [-0.39, 0.29) is 25.1 Å². The normalized spacial score (nSPS) is 14.4. The number of carbonyl (C=O) groups is 2. The van der Waals surface area contributed by atoms with Crippen LogP contribution in [0.15, 0.2) is 30.3 Å². The van der Waals surface area contributed by atoms with Crippen molar-refractivity contribution in [2.45, 2.75) is 13.0 Å². The van der Waals surface area contributed by atoms with Crippen LogP contribution < -0.4 is 0 Å². The second-order valence-electron chi connectivity index (χ2n) is 4.00. The molecule has 2 rings (SSSR count). The minimum absolute atomic E-state index is 0.196. The number of esters is 1. The minimum atomic E-state index is -0.356. The largest absolute Gasteiger partial charge is 0.461 e. The lowest BCUT2D eigenvalue weighted by molar-refractivity contribution is -0.145. The highest BCUT2D eigenvalue weighted by molar-refractivity contribution is 5.72. The van der Waals surface area contributed by atoms with E-state index in [0.717, 1.165) is 5.56 Å². The fourth-order valence-electron chi connectivity index (χ4n) is 1.67. The Kier molecular flexibility index (Phi) is 4.17. The first-order valence-corrected chi connectivity index (χ1v) is 5.87. The fourth-order valence-corrected chi connectivity index (χ4v) is 1.67. The molecule has 1 aromatic rings. The van der Waals surface area contributed by atoms with Crippen LogP contribution in [0, 0.1) is 0 Å². The number of carbonyl (C=O) groups excluding carboxylic acids is 2. The van der Waals surface area contributed by atoms with Crippen LogP contribution in [0.5, 0.6) is 0 Å². The summed E-state index contributed by atoms with van der Waals surface area (Å²) in [6.07, 6.45) is -0.159. The summed E-state index contributed by atoms with van der Waals surface area (Å²) in [4.78, 5) is 24.1. The molecule has 0 aromatic heterocycles. The molecule has 5 nitrogen and oxygen atoms in total. The standard InChI is InChI=1S/C13H15NO4/c15-12(6-7-14-8-9-17-13(14)16)18-10-11-4-2-1-3-5-11/h1-5H,6-10H2. The summed E-state index contributed by atoms with van der Waals surface area (Å²) in [5.74, 6) is -0.307. The van der Waals surface area contributed by atoms with E-state index in [4.69, 9.17) is 9.47 Å². The molecule has 0 N–H and O–H groups in total. The van der Waals surface area contributed by atoms with Gasteiger partial charge in [0.1, 0.15) is 13.2 Å². The maximum atomic E-state index is 11.5. The molecule has 96 valence electrons. The molecule has 0 aliphatic carbocycles. The maximum Gasteiger partial charge on any atom is 0.409 e. The average Bonchev–Trinajstić information content (AvgIpc) is 2.81. The molecule has 1 amide bonds. The molecule has 0 atom stereocenters. The van der Waals surface area contributed by atoms with Crippen molar-refractivity contribution in [3.05, 3.63) is 35.9 Å². The van der Waals surface area contributed by atoms with Crippen molar-refractivity contribution < 1.29 is 19.1 Å². The van der Waals surface area contributed by atoms with Gasteiger partial charge in [0.05, 0.1) is 13.0 Å². The van der Waals surface area contributed by atoms with Gasteiger partial charge in [0.25, 0.3) is 0 Å². The first-order chi connectivity index (χ1) is 8.75. The van der Waals surface area contributed by atoms with Crippen molar-refractivity contribution in [1.29, 1.82) is 0 Å². The third kappa shape index (κ3) is 3.48. The Balaban J connectivity index is 1.68. The Morgan fingerprint density at radius 2 is 2.11 bits per heavy atom. The van der Waals surface area contributed by atoms with Crippen LogP contribution in [0.2, 0.25) is 0 Å². The molecule has 0 spiro atoms. The number of hydrogen-bond acceptors (Lipinski definition) is 4. The Morgan fingerprint density at radius 1 is 1.33 bits per heavy atom. The lowest BCUT2D eigenvalue weighted by Crippen LogP contribution is -2.27. The molecule has 1 aliphatic heterocycles. The molecule has 18 heavy (non-hydrogen) atoms. The number of benzene rings is 1. The predicted molar refractivity (Wildman–Crippen MR) is 63.8 cm³/mol. The van der Waals surface area contributed by atoms with Crippen LogP contribution in [-0.4, -0.2) is 36.7 Å². The third-order valence-corrected chi connectivity index (χ3v) is 2.67. The topological polar surface area (TPSA) is 55.8 Å². The number of nitrogens with zero attached hydrogens (tertiary/aromatic N) is 1. The molecular formula is C13H15NO4. The van der Waals surface area contributed by atoms with Crippen molar-refractivity contribution >= 4 is 12.1 Å². The van der Waals surface area contributed by atoms with Crippen LogP contribution in [0.4, 0.5) is 4.79 Å². The number of amides is 1. The zero-order chi connectivity index (χ0) is 12.8. The van der Waals surface area contributed by atoms with Crippen LogP contribution in [-0.2, 0) is 20.9 Å². The van der Waals surface area contributed by atoms with E-state index in [1.54, 1.807) is 0 Å². The molecule has 0 saturated carbocycles. The lowest BCUT2D eigenvalue weighted by atomic mass is 10.2. The smallest absolute Gasteiger partial charge is 0.409 e. The van der Waals surface area contributed by atoms with E-state index in [2.05, 4.69) is 0 Å². The lowest BCUT2D eigenvalue weighted by Gasteiger charge is -2.11. The predicted octanol–water partition coefficient (Wildman–Crippen LogP) is 1.57. The highest BCUT2D eigenvalue weighted by Crippen LogP contribution is 2.05. The summed E-state index contributed by atoms with van der Waals surface area (Å²) in [5, 5.41) is 0. The Bertz CT molecular complexity index is 418. The van der Waals surface area contributed by atoms with Gasteiger partial charge in [-0.15, -0.1) is 0 Å². The van der Waals surface area contributed by atoms with Gasteiger partial charge in [-0.2, -0.15) is 0 Å². The summed E-state index contributed by atoms with van der Waals surface area (Å²) in [5.41, 5.74) is 0.950. The van der Waals surface area contributed by atoms with Gasteiger partial charge < -0.3 is 14.4 Å². The molecular weight excluding hydrogens is 234 g/mol. The van der Waals surface area contributed by atoms with E-state index in [1.165, 1.54) is 4.90 Å². The number of rotatable bonds is 5. The van der Waals surface area contributed by atoms with Gasteiger partial charge in [-0.3, -0.25) is 4.79 Å². The molecule has 1 heterocycles. The van der Waals surface area contributed by atoms with Crippen molar-refractivity contribution in [2.24, 2.45) is 0 Å². The van der Waals surface area contributed by atoms with Crippen LogP contribution in [0.3, 0.4) is 0 Å². The first kappa shape index (κ1) is 12.4. The summed E-state index contributed by atoms with van der Waals surface area (Å²) in [7, 11) is 0. The maximum absolute atomic E-state index is 11.5. The second-order valence-corrected chi connectivity index (χ2v) is 4.00. The summed E-state index contributed by atoms with van der Waals surface area (Å²) < 4.78 is 9.87. The van der Waals surface area contributed by atoms with E-state index in [9.17, 15) is 9.59 Å². The van der Waals surface area contributed by atoms with Crippen molar-refractivity contribution in [2.75, 3.05) is 19.7 Å². The van der Waals surface area contributed by atoms with Gasteiger partial charge in [0.2, 0.25) is 0 Å². The molecule has 1 aromatic carbocycles. The van der Waals surface area contributed by atoms with Crippen molar-refractivity contribution in [1.82, 2.24) is 4.90 Å². The van der Waals surface area contributed by atoms with Crippen LogP contribution in [0.25, 0.3) is 0 Å². The van der Waals surface area contributed by atoms with E-state index in [1.807, 2.05) is 30.3 Å². The van der Waals surface area contributed by atoms with Crippen LogP contribution in [0.1, 0.15) is 12.0 Å². The Labute approximate surface area is 105 Å². The zero-order valence-corrected chi connectivity index (χ0v) is 10.0. The van der Waals surface area contributed by atoms with Crippen molar-refractivity contribution in [3.8, 4) is 0 Å². The summed E-state index contributed by atoms with van der Waals surface area (Å²) >= 11 is 0. The first-order valence-electron chi connectivity index (χ1n) is 5.87. The zero-order valence-electron chi connectivity index (χ0n) is 10.0.